The molecule has 1 unspecified atom stereocenters. The summed E-state index contributed by atoms with van der Waals surface area (Å²) < 4.78 is 0.835. The average Bonchev–Trinajstić information content (AvgIpc) is 2.56. The van der Waals surface area contributed by atoms with E-state index in [0.717, 1.165) is 4.47 Å². The molecule has 1 aliphatic rings. The normalized spacial score (nSPS) is 20.7. The largest absolute Gasteiger partial charge is 0.362 e. The maximum absolute atomic E-state index is 12.1. The summed E-state index contributed by atoms with van der Waals surface area (Å²) in [4.78, 5) is 16.4. The van der Waals surface area contributed by atoms with Crippen molar-refractivity contribution in [2.75, 3.05) is 5.32 Å². The molecule has 2 aromatic rings. The van der Waals surface area contributed by atoms with Gasteiger partial charge in [0, 0.05) is 20.6 Å². The molecule has 0 bridgehead atoms. The van der Waals surface area contributed by atoms with Crippen molar-refractivity contribution in [3.8, 4) is 0 Å². The van der Waals surface area contributed by atoms with Crippen LogP contribution < -0.4 is 5.32 Å². The van der Waals surface area contributed by atoms with Gasteiger partial charge in [-0.05, 0) is 31.2 Å². The maximum Gasteiger partial charge on any atom is 0.279 e. The molecule has 6 heteroatoms. The molecule has 0 saturated carbocycles. The molecule has 112 valence electrons. The van der Waals surface area contributed by atoms with Crippen LogP contribution in [0.15, 0.2) is 51.9 Å². The molecule has 0 aromatic heterocycles. The van der Waals surface area contributed by atoms with E-state index in [4.69, 9.17) is 11.6 Å². The lowest BCUT2D eigenvalue weighted by Crippen LogP contribution is -2.37. The Labute approximate surface area is 141 Å². The molecule has 0 aliphatic carbocycles. The number of aliphatic imine (C=N–C) groups is 1. The summed E-state index contributed by atoms with van der Waals surface area (Å²) in [6, 6.07) is 12.6. The molecule has 1 amide bonds. The van der Waals surface area contributed by atoms with E-state index in [1.54, 1.807) is 18.2 Å². The number of nitrogens with zero attached hydrogens (tertiary/aromatic N) is 1. The standard InChI is InChI=1S/C16H12BrClN2O2/c1-16(22)15(21)19-13-7-6-9(17)8-11(13)14(20-16)10-4-2-3-5-12(10)18/h2-8,22H,1H3,(H,19,21). The average molecular weight is 380 g/mol. The number of amides is 1. The number of rotatable bonds is 1. The second-order valence-electron chi connectivity index (χ2n) is 5.11. The van der Waals surface area contributed by atoms with E-state index >= 15 is 0 Å². The summed E-state index contributed by atoms with van der Waals surface area (Å²) in [6.45, 7) is 1.35. The molecule has 4 nitrogen and oxygen atoms in total. The van der Waals surface area contributed by atoms with Crippen molar-refractivity contribution in [2.45, 2.75) is 12.6 Å². The number of hydrogen-bond acceptors (Lipinski definition) is 3. The fraction of sp³-hybridized carbons (Fsp3) is 0.125. The maximum atomic E-state index is 12.1. The van der Waals surface area contributed by atoms with Crippen LogP contribution in [0.4, 0.5) is 5.69 Å². The van der Waals surface area contributed by atoms with E-state index in [0.29, 0.717) is 27.5 Å². The summed E-state index contributed by atoms with van der Waals surface area (Å²) >= 11 is 9.68. The molecule has 0 radical (unpaired) electrons. The first kappa shape index (κ1) is 15.2. The summed E-state index contributed by atoms with van der Waals surface area (Å²) in [5.41, 5.74) is 0.504. The third kappa shape index (κ3) is 2.67. The van der Waals surface area contributed by atoms with E-state index in [-0.39, 0.29) is 0 Å². The van der Waals surface area contributed by atoms with Gasteiger partial charge in [-0.25, -0.2) is 4.99 Å². The molecule has 1 heterocycles. The van der Waals surface area contributed by atoms with Crippen molar-refractivity contribution in [3.05, 3.63) is 63.1 Å². The van der Waals surface area contributed by atoms with E-state index in [1.807, 2.05) is 24.3 Å². The van der Waals surface area contributed by atoms with E-state index < -0.39 is 11.6 Å². The number of nitrogens with one attached hydrogen (secondary N) is 1. The summed E-state index contributed by atoms with van der Waals surface area (Å²) in [6.07, 6.45) is 0. The minimum absolute atomic E-state index is 0.463. The monoisotopic (exact) mass is 378 g/mol. The van der Waals surface area contributed by atoms with Crippen molar-refractivity contribution in [2.24, 2.45) is 4.99 Å². The Hall–Kier alpha value is -1.69. The van der Waals surface area contributed by atoms with Crippen molar-refractivity contribution in [1.29, 1.82) is 0 Å². The number of anilines is 1. The minimum atomic E-state index is -1.88. The minimum Gasteiger partial charge on any atom is -0.362 e. The van der Waals surface area contributed by atoms with Crippen LogP contribution >= 0.6 is 27.5 Å². The lowest BCUT2D eigenvalue weighted by Gasteiger charge is -2.15. The highest BCUT2D eigenvalue weighted by molar-refractivity contribution is 9.10. The van der Waals surface area contributed by atoms with Crippen LogP contribution in [-0.4, -0.2) is 22.5 Å². The fourth-order valence-corrected chi connectivity index (χ4v) is 2.84. The number of aliphatic hydroxyl groups is 1. The van der Waals surface area contributed by atoms with Crippen LogP contribution in [0.2, 0.25) is 5.02 Å². The molecular formula is C16H12BrClN2O2. The number of carbonyl (C=O) groups is 1. The Morgan fingerprint density at radius 2 is 1.95 bits per heavy atom. The predicted octanol–water partition coefficient (Wildman–Crippen LogP) is 3.60. The second-order valence-corrected chi connectivity index (χ2v) is 6.43. The van der Waals surface area contributed by atoms with Crippen LogP contribution in [0.3, 0.4) is 0 Å². The summed E-state index contributed by atoms with van der Waals surface area (Å²) in [7, 11) is 0. The number of halogens is 2. The highest BCUT2D eigenvalue weighted by Gasteiger charge is 2.34. The van der Waals surface area contributed by atoms with Gasteiger partial charge in [-0.1, -0.05) is 45.7 Å². The van der Waals surface area contributed by atoms with Crippen molar-refractivity contribution < 1.29 is 9.90 Å². The number of benzene rings is 2. The van der Waals surface area contributed by atoms with Gasteiger partial charge in [0.25, 0.3) is 5.91 Å². The third-order valence-electron chi connectivity index (χ3n) is 3.37. The Morgan fingerprint density at radius 3 is 2.68 bits per heavy atom. The van der Waals surface area contributed by atoms with Crippen molar-refractivity contribution in [3.63, 3.8) is 0 Å². The summed E-state index contributed by atoms with van der Waals surface area (Å²) in [5.74, 6) is -0.585. The number of benzodiazepines with no additional fused rings is 1. The molecular weight excluding hydrogens is 368 g/mol. The first-order chi connectivity index (χ1) is 10.4. The lowest BCUT2D eigenvalue weighted by atomic mass is 10.0. The SMILES string of the molecule is CC1(O)N=C(c2ccccc2Cl)c2cc(Br)ccc2NC1=O. The highest BCUT2D eigenvalue weighted by Crippen LogP contribution is 2.31. The molecule has 0 saturated heterocycles. The first-order valence-electron chi connectivity index (χ1n) is 6.57. The molecule has 2 N–H and O–H groups in total. The Balaban J connectivity index is 2.32. The van der Waals surface area contributed by atoms with Crippen molar-refractivity contribution in [1.82, 2.24) is 0 Å². The molecule has 3 rings (SSSR count). The zero-order chi connectivity index (χ0) is 15.9. The zero-order valence-electron chi connectivity index (χ0n) is 11.6. The van der Waals surface area contributed by atoms with Gasteiger partial charge in [-0.3, -0.25) is 4.79 Å². The van der Waals surface area contributed by atoms with Crippen LogP contribution in [0, 0.1) is 0 Å². The Kier molecular flexibility index (Phi) is 3.80. The van der Waals surface area contributed by atoms with Gasteiger partial charge in [0.1, 0.15) is 0 Å². The highest BCUT2D eigenvalue weighted by atomic mass is 79.9. The van der Waals surface area contributed by atoms with Gasteiger partial charge >= 0.3 is 0 Å². The molecule has 2 aromatic carbocycles. The predicted molar refractivity (Wildman–Crippen MR) is 90.5 cm³/mol. The zero-order valence-corrected chi connectivity index (χ0v) is 13.9. The van der Waals surface area contributed by atoms with Crippen LogP contribution in [0.1, 0.15) is 18.1 Å². The fourth-order valence-electron chi connectivity index (χ4n) is 2.25. The van der Waals surface area contributed by atoms with E-state index in [9.17, 15) is 9.90 Å². The number of carbonyl (C=O) groups excluding carboxylic acids is 1. The van der Waals surface area contributed by atoms with E-state index in [2.05, 4.69) is 26.2 Å². The molecule has 0 fully saturated rings. The first-order valence-corrected chi connectivity index (χ1v) is 7.74. The van der Waals surface area contributed by atoms with Gasteiger partial charge in [-0.15, -0.1) is 0 Å². The van der Waals surface area contributed by atoms with Gasteiger partial charge in [-0.2, -0.15) is 0 Å². The van der Waals surface area contributed by atoms with Crippen LogP contribution in [-0.2, 0) is 4.79 Å². The van der Waals surface area contributed by atoms with Gasteiger partial charge in [0.05, 0.1) is 11.4 Å². The molecule has 0 spiro atoms. The van der Waals surface area contributed by atoms with Gasteiger partial charge < -0.3 is 10.4 Å². The second kappa shape index (κ2) is 5.50. The topological polar surface area (TPSA) is 61.7 Å². The smallest absolute Gasteiger partial charge is 0.279 e. The number of hydrogen-bond donors (Lipinski definition) is 2. The van der Waals surface area contributed by atoms with Gasteiger partial charge in [0.2, 0.25) is 5.72 Å². The molecule has 1 aliphatic heterocycles. The summed E-state index contributed by atoms with van der Waals surface area (Å²) in [5, 5.41) is 13.5. The van der Waals surface area contributed by atoms with E-state index in [1.165, 1.54) is 6.92 Å². The molecule has 22 heavy (non-hydrogen) atoms. The Morgan fingerprint density at radius 1 is 1.23 bits per heavy atom. The third-order valence-corrected chi connectivity index (χ3v) is 4.20. The van der Waals surface area contributed by atoms with Gasteiger partial charge in [0.15, 0.2) is 0 Å². The quantitative estimate of drug-likeness (QED) is 0.795. The van der Waals surface area contributed by atoms with Crippen LogP contribution in [0.5, 0.6) is 0 Å². The number of fused-ring (bicyclic) bond motifs is 1. The lowest BCUT2D eigenvalue weighted by molar-refractivity contribution is -0.131. The van der Waals surface area contributed by atoms with Crippen LogP contribution in [0.25, 0.3) is 0 Å². The van der Waals surface area contributed by atoms with Crippen molar-refractivity contribution >= 4 is 44.8 Å². The Bertz CT molecular complexity index is 802. The molecule has 1 atom stereocenters.